The van der Waals surface area contributed by atoms with Crippen molar-refractivity contribution in [3.05, 3.63) is 66.4 Å². The molecule has 0 N–H and O–H groups in total. The summed E-state index contributed by atoms with van der Waals surface area (Å²) in [6.07, 6.45) is 3.41. The molecule has 8 nitrogen and oxygen atoms in total. The summed E-state index contributed by atoms with van der Waals surface area (Å²) >= 11 is 0. The van der Waals surface area contributed by atoms with Crippen LogP contribution in [0.25, 0.3) is 16.6 Å². The highest BCUT2D eigenvalue weighted by atomic mass is 32.2. The number of rotatable bonds is 3. The fourth-order valence-electron chi connectivity index (χ4n) is 5.68. The molecule has 1 saturated heterocycles. The van der Waals surface area contributed by atoms with Crippen LogP contribution in [0.1, 0.15) is 25.8 Å². The van der Waals surface area contributed by atoms with Crippen molar-refractivity contribution in [1.29, 1.82) is 0 Å². The van der Waals surface area contributed by atoms with Gasteiger partial charge in [0.2, 0.25) is 15.9 Å². The molecule has 0 unspecified atom stereocenters. The van der Waals surface area contributed by atoms with Crippen LogP contribution in [-0.4, -0.2) is 60.2 Å². The molecule has 2 aliphatic heterocycles. The molecule has 0 radical (unpaired) electrons. The van der Waals surface area contributed by atoms with Gasteiger partial charge in [-0.05, 0) is 67.8 Å². The van der Waals surface area contributed by atoms with E-state index in [-0.39, 0.29) is 11.9 Å². The molecule has 4 heterocycles. The fourth-order valence-corrected chi connectivity index (χ4v) is 7.20. The third kappa shape index (κ3) is 3.65. The molecule has 0 saturated carbocycles. The van der Waals surface area contributed by atoms with Gasteiger partial charge in [0, 0.05) is 51.0 Å². The largest absolute Gasteiger partial charge is 0.353 e. The van der Waals surface area contributed by atoms with E-state index < -0.39 is 10.0 Å². The summed E-state index contributed by atoms with van der Waals surface area (Å²) < 4.78 is 31.0. The molecule has 1 fully saturated rings. The van der Waals surface area contributed by atoms with E-state index in [2.05, 4.69) is 21.4 Å². The summed E-state index contributed by atoms with van der Waals surface area (Å²) in [4.78, 5) is 21.3. The average molecular weight is 504 g/mol. The normalized spacial score (nSPS) is 19.1. The lowest BCUT2D eigenvalue weighted by Gasteiger charge is -2.24. The number of amides is 1. The van der Waals surface area contributed by atoms with Gasteiger partial charge in [0.1, 0.15) is 0 Å². The van der Waals surface area contributed by atoms with Gasteiger partial charge in [-0.15, -0.1) is 0 Å². The first kappa shape index (κ1) is 23.0. The number of hydrogen-bond acceptors (Lipinski definition) is 5. The Bertz CT molecular complexity index is 1600. The van der Waals surface area contributed by atoms with E-state index in [1.807, 2.05) is 37.4 Å². The molecule has 2 aromatic carbocycles. The maximum atomic E-state index is 13.6. The first-order valence-corrected chi connectivity index (χ1v) is 13.8. The van der Waals surface area contributed by atoms with Gasteiger partial charge < -0.3 is 14.2 Å². The summed E-state index contributed by atoms with van der Waals surface area (Å²) in [6, 6.07) is 17.3. The van der Waals surface area contributed by atoms with Crippen LogP contribution in [0.2, 0.25) is 0 Å². The number of hydrogen-bond donors (Lipinski definition) is 0. The van der Waals surface area contributed by atoms with Crippen molar-refractivity contribution in [2.75, 3.05) is 36.0 Å². The first-order valence-electron chi connectivity index (χ1n) is 12.4. The van der Waals surface area contributed by atoms with Crippen molar-refractivity contribution in [1.82, 2.24) is 13.7 Å². The Hall–Kier alpha value is -3.43. The van der Waals surface area contributed by atoms with Crippen molar-refractivity contribution in [3.8, 4) is 0 Å². The number of para-hydroxylation sites is 2. The molecule has 0 aliphatic carbocycles. The van der Waals surface area contributed by atoms with Crippen LogP contribution in [0.4, 0.5) is 11.5 Å². The minimum absolute atomic E-state index is 0.0242. The Morgan fingerprint density at radius 2 is 1.78 bits per heavy atom. The van der Waals surface area contributed by atoms with Crippen LogP contribution in [0.15, 0.2) is 65.7 Å². The van der Waals surface area contributed by atoms with Crippen molar-refractivity contribution in [3.63, 3.8) is 0 Å². The summed E-state index contributed by atoms with van der Waals surface area (Å²) in [5.74, 6) is 0.859. The Balaban J connectivity index is 1.27. The Morgan fingerprint density at radius 1 is 0.972 bits per heavy atom. The summed E-state index contributed by atoms with van der Waals surface area (Å²) in [6.45, 7) is 5.67. The van der Waals surface area contributed by atoms with Crippen LogP contribution < -0.4 is 9.80 Å². The molecule has 6 rings (SSSR count). The zero-order chi connectivity index (χ0) is 25.0. The number of nitrogens with zero attached hydrogens (tertiary/aromatic N) is 5. The van der Waals surface area contributed by atoms with E-state index in [9.17, 15) is 13.2 Å². The van der Waals surface area contributed by atoms with Crippen LogP contribution >= 0.6 is 0 Å². The minimum Gasteiger partial charge on any atom is -0.353 e. The Labute approximate surface area is 210 Å². The van der Waals surface area contributed by atoms with Gasteiger partial charge in [0.05, 0.1) is 21.4 Å². The molecule has 0 spiro atoms. The van der Waals surface area contributed by atoms with Gasteiger partial charge in [0.25, 0.3) is 0 Å². The van der Waals surface area contributed by atoms with E-state index in [0.717, 1.165) is 40.2 Å². The SMILES string of the molecule is CC(=O)N1c2ccc(S(=O)(=O)N3CCCN(c4nc5ccccc5n5cccc45)CC3)cc2C[C@@H]1C. The van der Waals surface area contributed by atoms with Crippen molar-refractivity contribution in [2.45, 2.75) is 37.6 Å². The number of benzene rings is 2. The monoisotopic (exact) mass is 503 g/mol. The summed E-state index contributed by atoms with van der Waals surface area (Å²) in [7, 11) is -3.66. The van der Waals surface area contributed by atoms with Crippen molar-refractivity contribution >= 4 is 44.0 Å². The number of fused-ring (bicyclic) bond motifs is 4. The summed E-state index contributed by atoms with van der Waals surface area (Å²) in [5, 5.41) is 0. The molecular formula is C27H29N5O3S. The van der Waals surface area contributed by atoms with Gasteiger partial charge in [-0.1, -0.05) is 12.1 Å². The first-order chi connectivity index (χ1) is 17.3. The highest BCUT2D eigenvalue weighted by Gasteiger charge is 2.33. The Morgan fingerprint density at radius 3 is 2.61 bits per heavy atom. The van der Waals surface area contributed by atoms with Crippen molar-refractivity contribution in [2.24, 2.45) is 0 Å². The average Bonchev–Trinajstić information content (AvgIpc) is 3.39. The third-order valence-corrected chi connectivity index (χ3v) is 9.24. The molecule has 0 bridgehead atoms. The van der Waals surface area contributed by atoms with E-state index in [1.165, 1.54) is 0 Å². The number of carbonyl (C=O) groups excluding carboxylic acids is 1. The second-order valence-corrected chi connectivity index (χ2v) is 11.6. The maximum absolute atomic E-state index is 13.6. The van der Waals surface area contributed by atoms with Crippen molar-refractivity contribution < 1.29 is 13.2 Å². The predicted octanol–water partition coefficient (Wildman–Crippen LogP) is 3.69. The molecule has 4 aromatic rings. The maximum Gasteiger partial charge on any atom is 0.243 e. The molecule has 1 atom stereocenters. The molecule has 2 aliphatic rings. The van der Waals surface area contributed by atoms with Gasteiger partial charge in [0.15, 0.2) is 5.82 Å². The smallest absolute Gasteiger partial charge is 0.243 e. The quantitative estimate of drug-likeness (QED) is 0.426. The van der Waals surface area contributed by atoms with E-state index in [1.54, 1.807) is 34.3 Å². The van der Waals surface area contributed by atoms with Gasteiger partial charge >= 0.3 is 0 Å². The van der Waals surface area contributed by atoms with Crippen LogP contribution in [0, 0.1) is 0 Å². The van der Waals surface area contributed by atoms with Crippen LogP contribution in [0.3, 0.4) is 0 Å². The lowest BCUT2D eigenvalue weighted by molar-refractivity contribution is -0.116. The van der Waals surface area contributed by atoms with Gasteiger partial charge in [-0.3, -0.25) is 4.79 Å². The zero-order valence-corrected chi connectivity index (χ0v) is 21.3. The lowest BCUT2D eigenvalue weighted by Crippen LogP contribution is -2.35. The molecule has 36 heavy (non-hydrogen) atoms. The molecular weight excluding hydrogens is 474 g/mol. The fraction of sp³-hybridized carbons (Fsp3) is 0.333. The third-order valence-electron chi connectivity index (χ3n) is 7.34. The lowest BCUT2D eigenvalue weighted by atomic mass is 10.1. The highest BCUT2D eigenvalue weighted by Crippen LogP contribution is 2.35. The molecule has 2 aromatic heterocycles. The topological polar surface area (TPSA) is 78.2 Å². The summed E-state index contributed by atoms with van der Waals surface area (Å²) in [5.41, 5.74) is 4.71. The second kappa shape index (κ2) is 8.60. The number of sulfonamides is 1. The van der Waals surface area contributed by atoms with Crippen LogP contribution in [0.5, 0.6) is 0 Å². The second-order valence-electron chi connectivity index (χ2n) is 9.66. The molecule has 186 valence electrons. The van der Waals surface area contributed by atoms with E-state index in [0.29, 0.717) is 37.4 Å². The van der Waals surface area contributed by atoms with E-state index >= 15 is 0 Å². The number of carbonyl (C=O) groups is 1. The predicted molar refractivity (Wildman–Crippen MR) is 141 cm³/mol. The minimum atomic E-state index is -3.66. The van der Waals surface area contributed by atoms with Crippen LogP contribution in [-0.2, 0) is 21.2 Å². The highest BCUT2D eigenvalue weighted by molar-refractivity contribution is 7.89. The van der Waals surface area contributed by atoms with Gasteiger partial charge in [-0.25, -0.2) is 13.4 Å². The number of aromatic nitrogens is 2. The van der Waals surface area contributed by atoms with E-state index in [4.69, 9.17) is 4.98 Å². The zero-order valence-electron chi connectivity index (χ0n) is 20.5. The van der Waals surface area contributed by atoms with Gasteiger partial charge in [-0.2, -0.15) is 4.31 Å². The molecule has 1 amide bonds. The standard InChI is InChI=1S/C27H29N5O3S/c1-19-17-21-18-22(10-11-24(21)32(19)20(2)33)36(34,35)30-13-6-12-29(15-16-30)27-26-9-5-14-31(26)25-8-4-3-7-23(25)28-27/h3-5,7-11,14,18-19H,6,12-13,15-17H2,1-2H3/t19-/m0/s1. The molecule has 9 heteroatoms. The Kier molecular flexibility index (Phi) is 5.49. The number of anilines is 2.